The van der Waals surface area contributed by atoms with Crippen LogP contribution in [0.15, 0.2) is 29.2 Å². The molecule has 0 radical (unpaired) electrons. The number of nitrogens with zero attached hydrogens (tertiary/aromatic N) is 1. The van der Waals surface area contributed by atoms with Crippen molar-refractivity contribution in [2.45, 2.75) is 4.90 Å². The summed E-state index contributed by atoms with van der Waals surface area (Å²) in [4.78, 5) is 10.3. The van der Waals surface area contributed by atoms with Crippen molar-refractivity contribution in [3.05, 3.63) is 29.3 Å². The molecule has 0 amide bonds. The molecule has 6 nitrogen and oxygen atoms in total. The van der Waals surface area contributed by atoms with Gasteiger partial charge in [0.05, 0.1) is 11.5 Å². The summed E-state index contributed by atoms with van der Waals surface area (Å²) in [5.41, 5.74) is 0. The SMILES string of the molecule is CN(CCOCC(=O)O)S(=O)(=O)c1ccc(Cl)cc1. The van der Waals surface area contributed by atoms with Gasteiger partial charge in [-0.15, -0.1) is 0 Å². The van der Waals surface area contributed by atoms with Crippen LogP contribution in [0.4, 0.5) is 0 Å². The van der Waals surface area contributed by atoms with Gasteiger partial charge >= 0.3 is 5.97 Å². The van der Waals surface area contributed by atoms with Gasteiger partial charge in [0.15, 0.2) is 0 Å². The molecule has 0 bridgehead atoms. The minimum absolute atomic E-state index is 0.00954. The van der Waals surface area contributed by atoms with E-state index in [9.17, 15) is 13.2 Å². The Balaban J connectivity index is 2.61. The summed E-state index contributed by atoms with van der Waals surface area (Å²) in [6.45, 7) is -0.372. The van der Waals surface area contributed by atoms with Gasteiger partial charge in [-0.25, -0.2) is 13.2 Å². The van der Waals surface area contributed by atoms with Gasteiger partial charge in [-0.3, -0.25) is 0 Å². The predicted octanol–water partition coefficient (Wildman–Crippen LogP) is 1.06. The molecule has 19 heavy (non-hydrogen) atoms. The van der Waals surface area contributed by atoms with Gasteiger partial charge in [-0.1, -0.05) is 11.6 Å². The van der Waals surface area contributed by atoms with Gasteiger partial charge < -0.3 is 9.84 Å². The molecule has 0 atom stereocenters. The van der Waals surface area contributed by atoms with Crippen LogP contribution in [0.5, 0.6) is 0 Å². The van der Waals surface area contributed by atoms with E-state index in [1.54, 1.807) is 0 Å². The Morgan fingerprint density at radius 3 is 2.47 bits per heavy atom. The Kier molecular flexibility index (Phi) is 5.74. The van der Waals surface area contributed by atoms with Crippen LogP contribution >= 0.6 is 11.6 Å². The Bertz CT molecular complexity index is 529. The lowest BCUT2D eigenvalue weighted by molar-refractivity contribution is -0.142. The number of hydrogen-bond donors (Lipinski definition) is 1. The summed E-state index contributed by atoms with van der Waals surface area (Å²) in [5, 5.41) is 8.82. The molecule has 0 unspecified atom stereocenters. The van der Waals surface area contributed by atoms with Crippen molar-refractivity contribution in [2.75, 3.05) is 26.8 Å². The summed E-state index contributed by atoms with van der Waals surface area (Å²) in [7, 11) is -2.21. The Morgan fingerprint density at radius 2 is 1.95 bits per heavy atom. The lowest BCUT2D eigenvalue weighted by Gasteiger charge is -2.16. The van der Waals surface area contributed by atoms with E-state index in [0.29, 0.717) is 5.02 Å². The quantitative estimate of drug-likeness (QED) is 0.762. The molecule has 0 aromatic heterocycles. The number of likely N-dealkylation sites (N-methyl/N-ethyl adjacent to an activating group) is 1. The second-order valence-corrected chi connectivity index (χ2v) is 6.21. The molecule has 0 saturated heterocycles. The minimum atomic E-state index is -3.61. The third-order valence-electron chi connectivity index (χ3n) is 2.30. The van der Waals surface area contributed by atoms with Crippen LogP contribution in [0.2, 0.25) is 5.02 Å². The second-order valence-electron chi connectivity index (χ2n) is 3.73. The first kappa shape index (κ1) is 15.9. The van der Waals surface area contributed by atoms with Crippen molar-refractivity contribution < 1.29 is 23.1 Å². The van der Waals surface area contributed by atoms with Gasteiger partial charge in [0, 0.05) is 18.6 Å². The third kappa shape index (κ3) is 4.79. The van der Waals surface area contributed by atoms with Crippen molar-refractivity contribution in [2.24, 2.45) is 0 Å². The average Bonchev–Trinajstić information content (AvgIpc) is 2.34. The highest BCUT2D eigenvalue weighted by Crippen LogP contribution is 2.17. The minimum Gasteiger partial charge on any atom is -0.480 e. The normalized spacial score (nSPS) is 11.7. The van der Waals surface area contributed by atoms with E-state index in [-0.39, 0.29) is 18.0 Å². The Morgan fingerprint density at radius 1 is 1.37 bits per heavy atom. The second kappa shape index (κ2) is 6.85. The number of aliphatic carboxylic acids is 1. The van der Waals surface area contributed by atoms with Crippen LogP contribution in [-0.4, -0.2) is 50.6 Å². The molecule has 8 heteroatoms. The number of halogens is 1. The lowest BCUT2D eigenvalue weighted by Crippen LogP contribution is -2.30. The first-order valence-corrected chi connectivity index (χ1v) is 7.17. The van der Waals surface area contributed by atoms with Crippen LogP contribution in [-0.2, 0) is 19.6 Å². The maximum atomic E-state index is 12.1. The molecule has 1 N–H and O–H groups in total. The molecule has 1 aromatic rings. The number of ether oxygens (including phenoxy) is 1. The maximum Gasteiger partial charge on any atom is 0.329 e. The molecule has 0 fully saturated rings. The summed E-state index contributed by atoms with van der Waals surface area (Å²) in [5.74, 6) is -1.09. The van der Waals surface area contributed by atoms with Gasteiger partial charge in [0.1, 0.15) is 6.61 Å². The molecule has 106 valence electrons. The lowest BCUT2D eigenvalue weighted by atomic mass is 10.4. The highest BCUT2D eigenvalue weighted by molar-refractivity contribution is 7.89. The first-order chi connectivity index (χ1) is 8.84. The molecular formula is C11H14ClNO5S. The molecule has 1 rings (SSSR count). The summed E-state index contributed by atoms with van der Waals surface area (Å²) < 4.78 is 30.0. The van der Waals surface area contributed by atoms with Crippen molar-refractivity contribution in [3.8, 4) is 0 Å². The fourth-order valence-corrected chi connectivity index (χ4v) is 2.54. The number of carboxylic acids is 1. The third-order valence-corrected chi connectivity index (χ3v) is 4.42. The van der Waals surface area contributed by atoms with Crippen molar-refractivity contribution in [1.82, 2.24) is 4.31 Å². The zero-order valence-electron chi connectivity index (χ0n) is 10.2. The highest BCUT2D eigenvalue weighted by Gasteiger charge is 2.20. The van der Waals surface area contributed by atoms with Gasteiger partial charge in [-0.2, -0.15) is 4.31 Å². The Labute approximate surface area is 116 Å². The topological polar surface area (TPSA) is 83.9 Å². The van der Waals surface area contributed by atoms with Crippen LogP contribution in [0.25, 0.3) is 0 Å². The Hall–Kier alpha value is -1.15. The molecule has 0 heterocycles. The fourth-order valence-electron chi connectivity index (χ4n) is 1.26. The number of carbonyl (C=O) groups is 1. The predicted molar refractivity (Wildman–Crippen MR) is 69.7 cm³/mol. The standard InChI is InChI=1S/C11H14ClNO5S/c1-13(6-7-18-8-11(14)15)19(16,17)10-4-2-9(12)3-5-10/h2-5H,6-8H2,1H3,(H,14,15). The van der Waals surface area contributed by atoms with E-state index >= 15 is 0 Å². The number of benzene rings is 1. The maximum absolute atomic E-state index is 12.1. The molecule has 0 spiro atoms. The fraction of sp³-hybridized carbons (Fsp3) is 0.364. The summed E-state index contributed by atoms with van der Waals surface area (Å²) in [6, 6.07) is 5.80. The van der Waals surface area contributed by atoms with Crippen molar-refractivity contribution >= 4 is 27.6 Å². The molecule has 0 aliphatic heterocycles. The monoisotopic (exact) mass is 307 g/mol. The molecule has 0 saturated carbocycles. The number of carboxylic acid groups (broad SMARTS) is 1. The highest BCUT2D eigenvalue weighted by atomic mass is 35.5. The number of rotatable bonds is 7. The van der Waals surface area contributed by atoms with Gasteiger partial charge in [0.2, 0.25) is 10.0 Å². The van der Waals surface area contributed by atoms with E-state index in [2.05, 4.69) is 0 Å². The summed E-state index contributed by atoms with van der Waals surface area (Å²) in [6.07, 6.45) is 0. The van der Waals surface area contributed by atoms with Crippen molar-refractivity contribution in [3.63, 3.8) is 0 Å². The molecule has 0 aliphatic carbocycles. The molecule has 1 aromatic carbocycles. The van der Waals surface area contributed by atoms with Crippen molar-refractivity contribution in [1.29, 1.82) is 0 Å². The van der Waals surface area contributed by atoms with Crippen LogP contribution < -0.4 is 0 Å². The van der Waals surface area contributed by atoms with E-state index < -0.39 is 22.6 Å². The van der Waals surface area contributed by atoms with E-state index in [4.69, 9.17) is 21.4 Å². The number of hydrogen-bond acceptors (Lipinski definition) is 4. The van der Waals surface area contributed by atoms with Crippen LogP contribution in [0.3, 0.4) is 0 Å². The average molecular weight is 308 g/mol. The zero-order chi connectivity index (χ0) is 14.5. The largest absolute Gasteiger partial charge is 0.480 e. The first-order valence-electron chi connectivity index (χ1n) is 5.35. The van der Waals surface area contributed by atoms with Crippen LogP contribution in [0, 0.1) is 0 Å². The van der Waals surface area contributed by atoms with Gasteiger partial charge in [-0.05, 0) is 24.3 Å². The van der Waals surface area contributed by atoms with Crippen LogP contribution in [0.1, 0.15) is 0 Å². The molecular weight excluding hydrogens is 294 g/mol. The number of sulfonamides is 1. The smallest absolute Gasteiger partial charge is 0.329 e. The summed E-state index contributed by atoms with van der Waals surface area (Å²) >= 11 is 5.69. The molecule has 0 aliphatic rings. The van der Waals surface area contributed by atoms with Gasteiger partial charge in [0.25, 0.3) is 0 Å². The van der Waals surface area contributed by atoms with E-state index in [0.717, 1.165) is 4.31 Å². The van der Waals surface area contributed by atoms with E-state index in [1.807, 2.05) is 0 Å². The zero-order valence-corrected chi connectivity index (χ0v) is 11.8. The van der Waals surface area contributed by atoms with E-state index in [1.165, 1.54) is 31.3 Å².